The first-order valence-corrected chi connectivity index (χ1v) is 11.3. The molecule has 0 spiro atoms. The second-order valence-corrected chi connectivity index (χ2v) is 8.91. The summed E-state index contributed by atoms with van der Waals surface area (Å²) < 4.78 is 8.73. The molecule has 6 heteroatoms. The first-order valence-electron chi connectivity index (χ1n) is 10.1. The van der Waals surface area contributed by atoms with Gasteiger partial charge < -0.3 is 9.30 Å². The minimum absolute atomic E-state index is 0.00386. The molecule has 4 nitrogen and oxygen atoms in total. The molecule has 0 bridgehead atoms. The number of aromatic nitrogens is 1. The monoisotopic (exact) mass is 436 g/mol. The van der Waals surface area contributed by atoms with Crippen LogP contribution >= 0.6 is 24.0 Å². The lowest BCUT2D eigenvalue weighted by Crippen LogP contribution is -2.27. The van der Waals surface area contributed by atoms with Gasteiger partial charge >= 0.3 is 0 Å². The maximum Gasteiger partial charge on any atom is 0.266 e. The number of hydrogen-bond acceptors (Lipinski definition) is 4. The maximum absolute atomic E-state index is 12.6. The van der Waals surface area contributed by atoms with Gasteiger partial charge in [0, 0.05) is 35.8 Å². The van der Waals surface area contributed by atoms with Gasteiger partial charge in [-0.2, -0.15) is 0 Å². The Morgan fingerprint density at radius 3 is 2.63 bits per heavy atom. The number of thioether (sulfide) groups is 1. The van der Waals surface area contributed by atoms with Crippen molar-refractivity contribution in [3.05, 3.63) is 70.8 Å². The van der Waals surface area contributed by atoms with E-state index in [9.17, 15) is 4.79 Å². The van der Waals surface area contributed by atoms with Crippen molar-refractivity contribution in [2.45, 2.75) is 26.8 Å². The van der Waals surface area contributed by atoms with Gasteiger partial charge in [-0.15, -0.1) is 0 Å². The van der Waals surface area contributed by atoms with Gasteiger partial charge in [0.15, 0.2) is 0 Å². The third-order valence-electron chi connectivity index (χ3n) is 5.13. The van der Waals surface area contributed by atoms with Gasteiger partial charge in [-0.25, -0.2) is 0 Å². The molecule has 4 rings (SSSR count). The van der Waals surface area contributed by atoms with Crippen LogP contribution in [0.2, 0.25) is 0 Å². The van der Waals surface area contributed by atoms with E-state index in [1.165, 1.54) is 17.3 Å². The van der Waals surface area contributed by atoms with E-state index in [1.54, 1.807) is 4.90 Å². The first kappa shape index (κ1) is 20.7. The standard InChI is InChI=1S/C24H24N2O2S2/c1-3-26-23(27)22(30-24(26)29)15-18-16-25(21-8-5-4-7-20(18)21)13-6-14-28-19-11-9-17(2)10-12-19/h4-5,7-12,15-16H,3,6,13-14H2,1-2H3/b22-15+. The number of aryl methyl sites for hydroxylation is 2. The van der Waals surface area contributed by atoms with Crippen LogP contribution in [0.25, 0.3) is 17.0 Å². The van der Waals surface area contributed by atoms with Crippen molar-refractivity contribution in [3.8, 4) is 5.75 Å². The summed E-state index contributed by atoms with van der Waals surface area (Å²) in [6, 6.07) is 16.4. The zero-order valence-corrected chi connectivity index (χ0v) is 18.8. The average molecular weight is 437 g/mol. The van der Waals surface area contributed by atoms with Crippen molar-refractivity contribution >= 4 is 51.2 Å². The number of nitrogens with zero attached hydrogens (tertiary/aromatic N) is 2. The molecule has 1 aliphatic heterocycles. The number of amides is 1. The maximum atomic E-state index is 12.6. The van der Waals surface area contributed by atoms with Crippen LogP contribution in [0.5, 0.6) is 5.75 Å². The highest BCUT2D eigenvalue weighted by molar-refractivity contribution is 8.26. The number of likely N-dealkylation sites (N-methyl/N-ethyl adjacent to an activating group) is 1. The molecule has 154 valence electrons. The van der Waals surface area contributed by atoms with Crippen LogP contribution in [0.1, 0.15) is 24.5 Å². The Hall–Kier alpha value is -2.57. The molecule has 1 saturated heterocycles. The van der Waals surface area contributed by atoms with Gasteiger partial charge in [0.25, 0.3) is 5.91 Å². The summed E-state index contributed by atoms with van der Waals surface area (Å²) in [6.07, 6.45) is 4.98. The highest BCUT2D eigenvalue weighted by Crippen LogP contribution is 2.34. The third-order valence-corrected chi connectivity index (χ3v) is 6.51. The van der Waals surface area contributed by atoms with Crippen LogP contribution < -0.4 is 4.74 Å². The second kappa shape index (κ2) is 9.06. The van der Waals surface area contributed by atoms with E-state index in [1.807, 2.05) is 37.3 Å². The van der Waals surface area contributed by atoms with Gasteiger partial charge in [0.1, 0.15) is 10.1 Å². The van der Waals surface area contributed by atoms with Gasteiger partial charge in [-0.05, 0) is 44.5 Å². The van der Waals surface area contributed by atoms with E-state index in [-0.39, 0.29) is 5.91 Å². The molecule has 0 atom stereocenters. The molecule has 1 aromatic heterocycles. The minimum atomic E-state index is -0.00386. The number of rotatable bonds is 7. The smallest absolute Gasteiger partial charge is 0.266 e. The predicted octanol–water partition coefficient (Wildman–Crippen LogP) is 5.64. The molecule has 0 aliphatic carbocycles. The Kier molecular flexibility index (Phi) is 6.25. The fraction of sp³-hybridized carbons (Fsp3) is 0.250. The highest BCUT2D eigenvalue weighted by atomic mass is 32.2. The van der Waals surface area contributed by atoms with Crippen LogP contribution in [-0.2, 0) is 11.3 Å². The average Bonchev–Trinajstić information content (AvgIpc) is 3.23. The number of benzene rings is 2. The Bertz CT molecular complexity index is 1120. The molecule has 0 N–H and O–H groups in total. The molecule has 1 fully saturated rings. The predicted molar refractivity (Wildman–Crippen MR) is 129 cm³/mol. The quantitative estimate of drug-likeness (QED) is 0.273. The van der Waals surface area contributed by atoms with E-state index in [2.05, 4.69) is 42.0 Å². The largest absolute Gasteiger partial charge is 0.494 e. The molecule has 0 unspecified atom stereocenters. The zero-order valence-electron chi connectivity index (χ0n) is 17.1. The summed E-state index contributed by atoms with van der Waals surface area (Å²) in [5.74, 6) is 0.896. The Balaban J connectivity index is 1.50. The summed E-state index contributed by atoms with van der Waals surface area (Å²) in [5.41, 5.74) is 3.43. The first-order chi connectivity index (χ1) is 14.6. The minimum Gasteiger partial charge on any atom is -0.494 e. The van der Waals surface area contributed by atoms with Gasteiger partial charge in [0.2, 0.25) is 0 Å². The third kappa shape index (κ3) is 4.30. The Morgan fingerprint density at radius 1 is 1.13 bits per heavy atom. The van der Waals surface area contributed by atoms with Crippen molar-refractivity contribution in [1.29, 1.82) is 0 Å². The lowest BCUT2D eigenvalue weighted by atomic mass is 10.1. The van der Waals surface area contributed by atoms with E-state index in [4.69, 9.17) is 17.0 Å². The van der Waals surface area contributed by atoms with Gasteiger partial charge in [-0.3, -0.25) is 9.69 Å². The number of hydrogen-bond donors (Lipinski definition) is 0. The fourth-order valence-corrected chi connectivity index (χ4v) is 4.92. The summed E-state index contributed by atoms with van der Waals surface area (Å²) in [5, 5.41) is 1.14. The topological polar surface area (TPSA) is 34.5 Å². The molecule has 3 aromatic rings. The number of fused-ring (bicyclic) bond motifs is 1. The second-order valence-electron chi connectivity index (χ2n) is 7.24. The van der Waals surface area contributed by atoms with Crippen LogP contribution in [-0.4, -0.2) is 32.8 Å². The number of carbonyl (C=O) groups is 1. The fourth-order valence-electron chi connectivity index (χ4n) is 3.55. The van der Waals surface area contributed by atoms with Crippen LogP contribution in [0.3, 0.4) is 0 Å². The summed E-state index contributed by atoms with van der Waals surface area (Å²) in [6.45, 7) is 6.11. The molecule has 0 saturated carbocycles. The van der Waals surface area contributed by atoms with E-state index in [0.29, 0.717) is 22.4 Å². The van der Waals surface area contributed by atoms with Crippen molar-refractivity contribution < 1.29 is 9.53 Å². The van der Waals surface area contributed by atoms with Crippen molar-refractivity contribution in [2.75, 3.05) is 13.2 Å². The van der Waals surface area contributed by atoms with Crippen LogP contribution in [0.4, 0.5) is 0 Å². The Morgan fingerprint density at radius 2 is 1.90 bits per heavy atom. The highest BCUT2D eigenvalue weighted by Gasteiger charge is 2.30. The molecular formula is C24H24N2O2S2. The normalized spacial score (nSPS) is 15.5. The summed E-state index contributed by atoms with van der Waals surface area (Å²) >= 11 is 6.72. The molecule has 1 aliphatic rings. The molecule has 30 heavy (non-hydrogen) atoms. The SMILES string of the molecule is CCN1C(=O)/C(=C\c2cn(CCCOc3ccc(C)cc3)c3ccccc23)SC1=S. The van der Waals surface area contributed by atoms with Crippen molar-refractivity contribution in [3.63, 3.8) is 0 Å². The van der Waals surface area contributed by atoms with Gasteiger partial charge in [-0.1, -0.05) is 59.9 Å². The number of carbonyl (C=O) groups excluding carboxylic acids is 1. The van der Waals surface area contributed by atoms with Crippen LogP contribution in [0.15, 0.2) is 59.6 Å². The zero-order chi connectivity index (χ0) is 21.1. The lowest BCUT2D eigenvalue weighted by Gasteiger charge is -2.09. The summed E-state index contributed by atoms with van der Waals surface area (Å²) in [4.78, 5) is 14.9. The Labute approximate surface area is 186 Å². The number of para-hydroxylation sites is 1. The number of thiocarbonyl (C=S) groups is 1. The van der Waals surface area contributed by atoms with Gasteiger partial charge in [0.05, 0.1) is 11.5 Å². The molecule has 2 aromatic carbocycles. The summed E-state index contributed by atoms with van der Waals surface area (Å²) in [7, 11) is 0. The van der Waals surface area contributed by atoms with Crippen molar-refractivity contribution in [2.24, 2.45) is 0 Å². The molecule has 0 radical (unpaired) electrons. The number of ether oxygens (including phenoxy) is 1. The lowest BCUT2D eigenvalue weighted by molar-refractivity contribution is -0.121. The van der Waals surface area contributed by atoms with Crippen molar-refractivity contribution in [1.82, 2.24) is 9.47 Å². The molecule has 2 heterocycles. The van der Waals surface area contributed by atoms with E-state index >= 15 is 0 Å². The van der Waals surface area contributed by atoms with Crippen LogP contribution in [0, 0.1) is 6.92 Å². The van der Waals surface area contributed by atoms with E-state index < -0.39 is 0 Å². The molecular weight excluding hydrogens is 412 g/mol. The molecule has 1 amide bonds. The van der Waals surface area contributed by atoms with E-state index in [0.717, 1.165) is 35.2 Å².